The first-order chi connectivity index (χ1) is 29.7. The Labute approximate surface area is 374 Å². The van der Waals surface area contributed by atoms with Gasteiger partial charge in [-0.3, -0.25) is 4.79 Å². The number of aldehydes is 1. The monoisotopic (exact) mass is 914 g/mol. The number of ether oxygens (including phenoxy) is 4. The maximum atomic E-state index is 12.9. The van der Waals surface area contributed by atoms with Crippen molar-refractivity contribution in [1.29, 1.82) is 0 Å². The molecule has 6 aliphatic rings. The predicted octanol–water partition coefficient (Wildman–Crippen LogP) is 1.70. The zero-order valence-corrected chi connectivity index (χ0v) is 38.1. The van der Waals surface area contributed by atoms with Crippen LogP contribution in [0.4, 0.5) is 0 Å². The molecule has 0 aromatic carbocycles. The second-order valence-corrected chi connectivity index (χ2v) is 21.5. The lowest BCUT2D eigenvalue weighted by molar-refractivity contribution is -0.353. The summed E-state index contributed by atoms with van der Waals surface area (Å²) in [6.45, 7) is 13.6. The molecule has 4 saturated carbocycles. The topological polar surface area (TPSA) is 314 Å². The molecule has 366 valence electrons. The third-order valence-corrected chi connectivity index (χ3v) is 17.5. The lowest BCUT2D eigenvalue weighted by Gasteiger charge is -2.70. The second-order valence-electron chi connectivity index (χ2n) is 21.5. The molecule has 6 rings (SSSR count). The van der Waals surface area contributed by atoms with Gasteiger partial charge >= 0.3 is 5.97 Å². The number of carboxylic acids is 1. The van der Waals surface area contributed by atoms with Crippen LogP contribution in [0, 0.1) is 50.7 Å². The molecule has 0 radical (unpaired) electrons. The summed E-state index contributed by atoms with van der Waals surface area (Å²) in [5, 5.41) is 128. The number of carbonyl (C=O) groups excluding carboxylic acids is 1. The maximum absolute atomic E-state index is 12.9. The average molecular weight is 915 g/mol. The van der Waals surface area contributed by atoms with Gasteiger partial charge in [-0.05, 0) is 110 Å². The van der Waals surface area contributed by atoms with Crippen molar-refractivity contribution in [3.8, 4) is 0 Å². The molecule has 1 heterocycles. The fourth-order valence-electron chi connectivity index (χ4n) is 13.5. The first-order valence-electron chi connectivity index (χ1n) is 22.9. The van der Waals surface area contributed by atoms with Crippen LogP contribution in [0.1, 0.15) is 113 Å². The molecule has 18 nitrogen and oxygen atoms in total. The van der Waals surface area contributed by atoms with Gasteiger partial charge in [-0.15, -0.1) is 0 Å². The lowest BCUT2D eigenvalue weighted by atomic mass is 9.34. The van der Waals surface area contributed by atoms with E-state index in [1.54, 1.807) is 0 Å². The van der Waals surface area contributed by atoms with Gasteiger partial charge in [-0.25, -0.2) is 0 Å². The zero-order chi connectivity index (χ0) is 47.6. The number of fused-ring (bicyclic) bond motifs is 7. The largest absolute Gasteiger partial charge is 0.506 e. The van der Waals surface area contributed by atoms with E-state index >= 15 is 0 Å². The van der Waals surface area contributed by atoms with Crippen molar-refractivity contribution in [3.05, 3.63) is 23.2 Å². The summed E-state index contributed by atoms with van der Waals surface area (Å²) in [4.78, 5) is 24.8. The standard InChI is InChI=1S/C46H74O18/c1-21-23-10-13-44(6)29(9-8-24-25-17-42(3,4)14-15-46(25,20-48)30(51)18-45(24,44)7)43(23,5)12-11-27(21)61-40(60)38(64-41-36(58)34(56)33(55)28(19-47)62-41)37(26(50)16-31(52)53)63-39(59)35(57)32(54)22(2)49/h8,20-23,25-30,33-34,36-41,47,49-51,54-60H,9-19H2,1-7H3,(H,52,53)/b35-32+/t21-,22?,23?,25?,26?,27+,28?,29?,30-,33?,34?,36?,37?,38?,39?,40?,41?,43+,44-,45-,46-/m1/s1. The van der Waals surface area contributed by atoms with Crippen molar-refractivity contribution in [2.24, 2.45) is 50.7 Å². The van der Waals surface area contributed by atoms with E-state index in [0.29, 0.717) is 25.7 Å². The van der Waals surface area contributed by atoms with E-state index in [1.165, 1.54) is 5.57 Å². The Morgan fingerprint density at radius 1 is 0.875 bits per heavy atom. The maximum Gasteiger partial charge on any atom is 0.306 e. The number of carboxylic acid groups (broad SMARTS) is 1. The molecule has 1 aliphatic heterocycles. The highest BCUT2D eigenvalue weighted by atomic mass is 16.7. The molecular formula is C46H74O18. The van der Waals surface area contributed by atoms with Crippen molar-refractivity contribution in [1.82, 2.24) is 0 Å². The molecule has 18 heteroatoms. The normalized spacial score (nSPS) is 45.1. The number of aliphatic hydroxyl groups excluding tert-OH is 11. The van der Waals surface area contributed by atoms with Crippen LogP contribution in [0.5, 0.6) is 0 Å². The summed E-state index contributed by atoms with van der Waals surface area (Å²) in [6, 6.07) is 0. The molecule has 0 spiro atoms. The molecule has 1 saturated heterocycles. The molecule has 5 fully saturated rings. The fraction of sp³-hybridized carbons (Fsp3) is 0.870. The predicted molar refractivity (Wildman–Crippen MR) is 224 cm³/mol. The van der Waals surface area contributed by atoms with E-state index < -0.39 is 116 Å². The molecule has 5 aliphatic carbocycles. The van der Waals surface area contributed by atoms with Crippen LogP contribution in [0.25, 0.3) is 0 Å². The number of carbonyl (C=O) groups is 2. The highest BCUT2D eigenvalue weighted by molar-refractivity contribution is 5.67. The Morgan fingerprint density at radius 2 is 1.55 bits per heavy atom. The summed E-state index contributed by atoms with van der Waals surface area (Å²) >= 11 is 0. The van der Waals surface area contributed by atoms with Crippen LogP contribution in [-0.2, 0) is 28.5 Å². The number of hydrogen-bond donors (Lipinski definition) is 12. The van der Waals surface area contributed by atoms with Crippen molar-refractivity contribution >= 4 is 12.3 Å². The average Bonchev–Trinajstić information content (AvgIpc) is 3.22. The summed E-state index contributed by atoms with van der Waals surface area (Å²) in [5.41, 5.74) is -0.326. The SMILES string of the molecule is CC(O)/C(O)=C(\O)C(O)OC(C(O)CC(=O)O)C(OC1OC(CO)C(O)C(O)C1O)C(O)O[C@H]1CC[C@@]2(C)C(CC[C@]3(C)C2CC=C2C4CC(C)(C)CC[C@]4(C=O)[C@H](O)C[C@]23C)[C@H]1C. The van der Waals surface area contributed by atoms with Gasteiger partial charge in [0.2, 0.25) is 6.29 Å². The van der Waals surface area contributed by atoms with Gasteiger partial charge in [0, 0.05) is 0 Å². The quantitative estimate of drug-likeness (QED) is 0.0482. The van der Waals surface area contributed by atoms with Crippen LogP contribution in [0.3, 0.4) is 0 Å². The van der Waals surface area contributed by atoms with Crippen molar-refractivity contribution in [3.63, 3.8) is 0 Å². The Kier molecular flexibility index (Phi) is 14.9. The molecule has 0 bridgehead atoms. The fourth-order valence-corrected chi connectivity index (χ4v) is 13.5. The van der Waals surface area contributed by atoms with Gasteiger partial charge in [-0.1, -0.05) is 53.2 Å². The van der Waals surface area contributed by atoms with Gasteiger partial charge < -0.3 is 85.0 Å². The Balaban J connectivity index is 1.30. The minimum absolute atomic E-state index is 0.0231. The molecule has 0 amide bonds. The Morgan fingerprint density at radius 3 is 2.16 bits per heavy atom. The second kappa shape index (κ2) is 18.7. The number of rotatable bonds is 15. The van der Waals surface area contributed by atoms with Gasteiger partial charge in [0.05, 0.1) is 36.8 Å². The smallest absolute Gasteiger partial charge is 0.306 e. The molecule has 0 aromatic rings. The Hall–Kier alpha value is -2.30. The van der Waals surface area contributed by atoms with Crippen LogP contribution in [0.15, 0.2) is 23.2 Å². The molecule has 14 unspecified atom stereocenters. The number of allylic oxidation sites excluding steroid dienone is 2. The number of hydrogen-bond acceptors (Lipinski definition) is 17. The first-order valence-corrected chi connectivity index (χ1v) is 22.9. The van der Waals surface area contributed by atoms with Crippen LogP contribution >= 0.6 is 0 Å². The summed E-state index contributed by atoms with van der Waals surface area (Å²) in [5.74, 6) is -4.07. The third kappa shape index (κ3) is 8.71. The van der Waals surface area contributed by atoms with E-state index in [9.17, 15) is 70.9 Å². The molecule has 64 heavy (non-hydrogen) atoms. The highest BCUT2D eigenvalue weighted by Gasteiger charge is 2.69. The van der Waals surface area contributed by atoms with E-state index in [-0.39, 0.29) is 45.3 Å². The van der Waals surface area contributed by atoms with E-state index in [0.717, 1.165) is 45.3 Å². The van der Waals surface area contributed by atoms with E-state index in [2.05, 4.69) is 40.7 Å². The van der Waals surface area contributed by atoms with Crippen LogP contribution < -0.4 is 0 Å². The van der Waals surface area contributed by atoms with Crippen molar-refractivity contribution < 1.29 is 89.8 Å². The highest BCUT2D eigenvalue weighted by Crippen LogP contribution is 2.74. The third-order valence-electron chi connectivity index (χ3n) is 17.5. The van der Waals surface area contributed by atoms with Gasteiger partial charge in [0.1, 0.15) is 49.0 Å². The summed E-state index contributed by atoms with van der Waals surface area (Å²) in [6.07, 6.45) is -15.1. The summed E-state index contributed by atoms with van der Waals surface area (Å²) in [7, 11) is 0. The molecule has 12 N–H and O–H groups in total. The summed E-state index contributed by atoms with van der Waals surface area (Å²) < 4.78 is 23.3. The van der Waals surface area contributed by atoms with E-state index in [4.69, 9.17) is 18.9 Å². The number of aliphatic carboxylic acids is 1. The van der Waals surface area contributed by atoms with Gasteiger partial charge in [-0.2, -0.15) is 0 Å². The molecular weight excluding hydrogens is 840 g/mol. The van der Waals surface area contributed by atoms with Crippen LogP contribution in [-0.4, -0.2) is 160 Å². The molecule has 0 aromatic heterocycles. The van der Waals surface area contributed by atoms with E-state index in [1.807, 2.05) is 6.92 Å². The van der Waals surface area contributed by atoms with Crippen LogP contribution in [0.2, 0.25) is 0 Å². The van der Waals surface area contributed by atoms with Crippen molar-refractivity contribution in [2.75, 3.05) is 6.61 Å². The number of aliphatic hydroxyl groups is 11. The minimum Gasteiger partial charge on any atom is -0.506 e. The zero-order valence-electron chi connectivity index (χ0n) is 38.1. The molecule has 21 atom stereocenters. The Bertz CT molecular complexity index is 1750. The minimum atomic E-state index is -2.56. The van der Waals surface area contributed by atoms with Gasteiger partial charge in [0.25, 0.3) is 0 Å². The first kappa shape index (κ1) is 51.1. The lowest BCUT2D eigenvalue weighted by Crippen LogP contribution is -2.66. The van der Waals surface area contributed by atoms with Gasteiger partial charge in [0.15, 0.2) is 24.1 Å². The van der Waals surface area contributed by atoms with Crippen molar-refractivity contribution in [2.45, 2.75) is 193 Å².